The molecule has 0 amide bonds. The number of hydrogen-bond donors (Lipinski definition) is 3. The van der Waals surface area contributed by atoms with Crippen molar-refractivity contribution in [2.24, 2.45) is 39.9 Å². The maximum atomic E-state index is 11.3. The largest absolute Gasteiger partial charge is 0.393 e. The van der Waals surface area contributed by atoms with Crippen LogP contribution in [0.2, 0.25) is 0 Å². The zero-order chi connectivity index (χ0) is 16.4. The summed E-state index contributed by atoms with van der Waals surface area (Å²) in [5, 5.41) is 33.3. The summed E-state index contributed by atoms with van der Waals surface area (Å²) >= 11 is 0. The molecule has 0 radical (unpaired) electrons. The number of nitrogens with zero attached hydrogens (tertiary/aromatic N) is 1. The van der Waals surface area contributed by atoms with Crippen LogP contribution >= 0.6 is 0 Å². The van der Waals surface area contributed by atoms with Gasteiger partial charge in [-0.2, -0.15) is 0 Å². The Bertz CT molecular complexity index is 709. The SMILES string of the molecule is C=C1C[C@@]23C[C@@H]4C5[C@@]6(C)C[C@H](O)C[C@@]57C2[C@H](O)[C@@H]1[C@H](O)C3[C@H]7N4C6. The quantitative estimate of drug-likeness (QED) is 0.574. The van der Waals surface area contributed by atoms with Crippen LogP contribution in [0, 0.1) is 39.9 Å². The Morgan fingerprint density at radius 1 is 1.08 bits per heavy atom. The third-order valence-electron chi connectivity index (χ3n) is 10.1. The number of fused-ring (bicyclic) bond motifs is 1. The summed E-state index contributed by atoms with van der Waals surface area (Å²) in [6.07, 6.45) is 2.76. The van der Waals surface area contributed by atoms with Gasteiger partial charge in [0, 0.05) is 30.5 Å². The fourth-order valence-electron chi connectivity index (χ4n) is 10.7. The minimum Gasteiger partial charge on any atom is -0.393 e. The van der Waals surface area contributed by atoms with Crippen molar-refractivity contribution < 1.29 is 15.3 Å². The molecule has 130 valence electrons. The number of aliphatic hydroxyl groups excluding tert-OH is 3. The van der Waals surface area contributed by atoms with Crippen molar-refractivity contribution in [3.8, 4) is 0 Å². The van der Waals surface area contributed by atoms with Gasteiger partial charge in [-0.05, 0) is 53.8 Å². The molecule has 3 N–H and O–H groups in total. The molecular formula is C20H27NO3. The van der Waals surface area contributed by atoms with Gasteiger partial charge in [-0.1, -0.05) is 19.1 Å². The van der Waals surface area contributed by atoms with Crippen LogP contribution in [0.25, 0.3) is 0 Å². The molecule has 3 saturated heterocycles. The Morgan fingerprint density at radius 3 is 2.67 bits per heavy atom. The van der Waals surface area contributed by atoms with E-state index in [4.69, 9.17) is 0 Å². The van der Waals surface area contributed by atoms with E-state index in [9.17, 15) is 15.3 Å². The van der Waals surface area contributed by atoms with Crippen LogP contribution in [0.1, 0.15) is 32.6 Å². The normalized spacial score (nSPS) is 76.1. The molecule has 13 atom stereocenters. The van der Waals surface area contributed by atoms with E-state index in [2.05, 4.69) is 18.4 Å². The highest BCUT2D eigenvalue weighted by Gasteiger charge is 2.90. The van der Waals surface area contributed by atoms with Crippen LogP contribution in [-0.4, -0.2) is 57.2 Å². The number of hydrogen-bond acceptors (Lipinski definition) is 4. The maximum absolute atomic E-state index is 11.3. The van der Waals surface area contributed by atoms with E-state index < -0.39 is 12.2 Å². The van der Waals surface area contributed by atoms with Gasteiger partial charge in [0.25, 0.3) is 0 Å². The molecule has 4 nitrogen and oxygen atoms in total. The Labute approximate surface area is 142 Å². The van der Waals surface area contributed by atoms with Crippen LogP contribution in [0.15, 0.2) is 12.2 Å². The number of aliphatic hydroxyl groups is 3. The van der Waals surface area contributed by atoms with E-state index in [1.165, 1.54) is 0 Å². The first-order chi connectivity index (χ1) is 11.4. The van der Waals surface area contributed by atoms with Crippen molar-refractivity contribution in [2.75, 3.05) is 6.54 Å². The molecule has 0 aromatic rings. The van der Waals surface area contributed by atoms with E-state index in [0.717, 1.165) is 37.8 Å². The van der Waals surface area contributed by atoms with E-state index >= 15 is 0 Å². The van der Waals surface area contributed by atoms with Crippen LogP contribution in [0.5, 0.6) is 0 Å². The third-order valence-corrected chi connectivity index (χ3v) is 10.1. The third kappa shape index (κ3) is 0.980. The molecule has 9 rings (SSSR count). The van der Waals surface area contributed by atoms with Gasteiger partial charge in [0.1, 0.15) is 0 Å². The molecule has 0 aromatic heterocycles. The predicted octanol–water partition coefficient (Wildman–Crippen LogP) is 0.764. The second kappa shape index (κ2) is 3.40. The highest BCUT2D eigenvalue weighted by Crippen LogP contribution is 2.86. The van der Waals surface area contributed by atoms with Crippen molar-refractivity contribution in [2.45, 2.75) is 63.0 Å². The lowest BCUT2D eigenvalue weighted by Gasteiger charge is -2.65. The Kier molecular flexibility index (Phi) is 1.95. The first-order valence-corrected chi connectivity index (χ1v) is 9.83. The Balaban J connectivity index is 1.54. The van der Waals surface area contributed by atoms with Crippen molar-refractivity contribution in [1.29, 1.82) is 0 Å². The average Bonchev–Trinajstić information content (AvgIpc) is 2.88. The average molecular weight is 329 g/mol. The minimum absolute atomic E-state index is 0.0358. The molecule has 3 aliphatic heterocycles. The summed E-state index contributed by atoms with van der Waals surface area (Å²) in [5.41, 5.74) is 1.37. The zero-order valence-electron chi connectivity index (χ0n) is 14.2. The predicted molar refractivity (Wildman–Crippen MR) is 86.8 cm³/mol. The lowest BCUT2D eigenvalue weighted by Crippen LogP contribution is -2.67. The number of piperidine rings is 2. The molecule has 0 aromatic carbocycles. The second-order valence-corrected chi connectivity index (χ2v) is 10.8. The molecule has 9 aliphatic rings. The van der Waals surface area contributed by atoms with Crippen molar-refractivity contribution >= 4 is 0 Å². The smallest absolute Gasteiger partial charge is 0.0679 e. The summed E-state index contributed by atoms with van der Waals surface area (Å²) < 4.78 is 0. The van der Waals surface area contributed by atoms with Crippen LogP contribution in [0.3, 0.4) is 0 Å². The Morgan fingerprint density at radius 2 is 1.88 bits per heavy atom. The van der Waals surface area contributed by atoms with Gasteiger partial charge in [0.05, 0.1) is 18.3 Å². The van der Waals surface area contributed by atoms with Crippen molar-refractivity contribution in [3.63, 3.8) is 0 Å². The molecule has 3 heterocycles. The number of rotatable bonds is 0. The second-order valence-electron chi connectivity index (χ2n) is 10.8. The van der Waals surface area contributed by atoms with Gasteiger partial charge in [-0.25, -0.2) is 0 Å². The van der Waals surface area contributed by atoms with Crippen molar-refractivity contribution in [3.05, 3.63) is 12.2 Å². The summed E-state index contributed by atoms with van der Waals surface area (Å²) in [5.74, 6) is 1.02. The highest BCUT2D eigenvalue weighted by molar-refractivity contribution is 5.43. The summed E-state index contributed by atoms with van der Waals surface area (Å²) in [4.78, 5) is 2.73. The van der Waals surface area contributed by atoms with Gasteiger partial charge in [-0.15, -0.1) is 0 Å². The van der Waals surface area contributed by atoms with Gasteiger partial charge in [0.15, 0.2) is 0 Å². The molecular weight excluding hydrogens is 302 g/mol. The Hall–Kier alpha value is -0.420. The van der Waals surface area contributed by atoms with Gasteiger partial charge in [-0.3, -0.25) is 4.90 Å². The van der Waals surface area contributed by atoms with Gasteiger partial charge < -0.3 is 15.3 Å². The summed E-state index contributed by atoms with van der Waals surface area (Å²) in [6.45, 7) is 7.72. The van der Waals surface area contributed by atoms with E-state index in [-0.39, 0.29) is 40.1 Å². The van der Waals surface area contributed by atoms with E-state index in [1.807, 2.05) is 0 Å². The maximum Gasteiger partial charge on any atom is 0.0679 e. The van der Waals surface area contributed by atoms with Crippen LogP contribution in [-0.2, 0) is 0 Å². The summed E-state index contributed by atoms with van der Waals surface area (Å²) in [6, 6.07) is 0.999. The minimum atomic E-state index is -0.460. The topological polar surface area (TPSA) is 63.9 Å². The molecule has 2 spiro atoms. The van der Waals surface area contributed by atoms with E-state index in [1.54, 1.807) is 0 Å². The van der Waals surface area contributed by atoms with Crippen LogP contribution in [0.4, 0.5) is 0 Å². The molecule has 4 heteroatoms. The van der Waals surface area contributed by atoms with Gasteiger partial charge in [0.2, 0.25) is 0 Å². The molecule has 6 aliphatic carbocycles. The fourth-order valence-corrected chi connectivity index (χ4v) is 10.7. The highest BCUT2D eigenvalue weighted by atomic mass is 16.3. The van der Waals surface area contributed by atoms with Gasteiger partial charge >= 0.3 is 0 Å². The molecule has 6 saturated carbocycles. The molecule has 9 fully saturated rings. The first-order valence-electron chi connectivity index (χ1n) is 9.83. The summed E-state index contributed by atoms with van der Waals surface area (Å²) in [7, 11) is 0. The van der Waals surface area contributed by atoms with Crippen molar-refractivity contribution in [1.82, 2.24) is 4.90 Å². The molecule has 24 heavy (non-hydrogen) atoms. The molecule has 4 unspecified atom stereocenters. The first kappa shape index (κ1) is 13.7. The van der Waals surface area contributed by atoms with Crippen LogP contribution < -0.4 is 0 Å². The zero-order valence-corrected chi connectivity index (χ0v) is 14.2. The lowest BCUT2D eigenvalue weighted by atomic mass is 9.39. The lowest BCUT2D eigenvalue weighted by molar-refractivity contribution is -0.213. The standard InChI is InChI=1S/C20H27NO3/c1-8-3-19-6-10-15-18(2)4-9(22)5-20(15)16(19)14(24)11(8)13(23)12(19)17(20)21(10)7-18/h9-17,22-24H,1,3-7H2,2H3/t9-,10+,11-,12?,13-,14+,15?,16?,17+,18-,19-,20-/m0/s1. The molecule has 9 bridgehead atoms. The van der Waals surface area contributed by atoms with E-state index in [0.29, 0.717) is 18.0 Å². The monoisotopic (exact) mass is 329 g/mol. The fraction of sp³-hybridized carbons (Fsp3) is 0.900.